The summed E-state index contributed by atoms with van der Waals surface area (Å²) in [5.41, 5.74) is 0. The summed E-state index contributed by atoms with van der Waals surface area (Å²) in [5, 5.41) is 0. The van der Waals surface area contributed by atoms with Crippen molar-refractivity contribution in [3.05, 3.63) is 12.4 Å². The summed E-state index contributed by atoms with van der Waals surface area (Å²) >= 11 is 0. The minimum Gasteiger partial charge on any atom is -0.356 e. The average molecular weight is 303 g/mol. The fourth-order valence-electron chi connectivity index (χ4n) is 3.37. The fraction of sp³-hybridized carbons (Fsp3) is 0.688. The topological polar surface area (TPSA) is 52.6 Å². The van der Waals surface area contributed by atoms with Crippen LogP contribution in [0.1, 0.15) is 32.6 Å². The highest BCUT2D eigenvalue weighted by Crippen LogP contribution is 2.24. The molecule has 6 nitrogen and oxygen atoms in total. The number of amides is 1. The molecule has 3 heterocycles. The zero-order valence-corrected chi connectivity index (χ0v) is 13.5. The minimum absolute atomic E-state index is 0.150. The summed E-state index contributed by atoms with van der Waals surface area (Å²) in [6.45, 7) is 5.72. The van der Waals surface area contributed by atoms with Gasteiger partial charge in [-0.1, -0.05) is 0 Å². The van der Waals surface area contributed by atoms with E-state index < -0.39 is 0 Å². The molecule has 0 N–H and O–H groups in total. The van der Waals surface area contributed by atoms with Crippen LogP contribution in [0.3, 0.4) is 0 Å². The van der Waals surface area contributed by atoms with Crippen LogP contribution in [-0.4, -0.2) is 60.0 Å². The van der Waals surface area contributed by atoms with Crippen LogP contribution < -0.4 is 9.80 Å². The molecular formula is C16H25N5O. The molecule has 22 heavy (non-hydrogen) atoms. The molecule has 0 spiro atoms. The summed E-state index contributed by atoms with van der Waals surface area (Å²) in [4.78, 5) is 26.9. The average Bonchev–Trinajstić information content (AvgIpc) is 3.09. The third-order valence-corrected chi connectivity index (χ3v) is 4.90. The normalized spacial score (nSPS) is 19.5. The minimum atomic E-state index is 0.150. The summed E-state index contributed by atoms with van der Waals surface area (Å²) < 4.78 is 0. The van der Waals surface area contributed by atoms with Gasteiger partial charge in [-0.15, -0.1) is 0 Å². The van der Waals surface area contributed by atoms with Crippen molar-refractivity contribution in [2.45, 2.75) is 38.6 Å². The Morgan fingerprint density at radius 3 is 2.18 bits per heavy atom. The van der Waals surface area contributed by atoms with Crippen LogP contribution in [0.25, 0.3) is 0 Å². The number of aromatic nitrogens is 2. The zero-order valence-electron chi connectivity index (χ0n) is 13.5. The van der Waals surface area contributed by atoms with Gasteiger partial charge in [-0.25, -0.2) is 9.97 Å². The van der Waals surface area contributed by atoms with E-state index in [4.69, 9.17) is 0 Å². The quantitative estimate of drug-likeness (QED) is 0.847. The van der Waals surface area contributed by atoms with Gasteiger partial charge in [-0.3, -0.25) is 4.79 Å². The Morgan fingerprint density at radius 2 is 1.64 bits per heavy atom. The van der Waals surface area contributed by atoms with Crippen molar-refractivity contribution in [2.24, 2.45) is 0 Å². The lowest BCUT2D eigenvalue weighted by molar-refractivity contribution is -0.129. The molecule has 0 radical (unpaired) electrons. The number of anilines is 2. The lowest BCUT2D eigenvalue weighted by Gasteiger charge is -2.37. The van der Waals surface area contributed by atoms with Gasteiger partial charge in [-0.2, -0.15) is 0 Å². The number of nitrogens with zero attached hydrogens (tertiary/aromatic N) is 5. The smallest absolute Gasteiger partial charge is 0.219 e. The van der Waals surface area contributed by atoms with E-state index in [1.54, 1.807) is 13.3 Å². The molecule has 2 fully saturated rings. The molecule has 0 aromatic carbocycles. The SMILES string of the molecule is CC(=O)N(C)C1CCN(c2cc(N3CCCC3)ncn2)CC1. The lowest BCUT2D eigenvalue weighted by atomic mass is 10.0. The van der Waals surface area contributed by atoms with Crippen molar-refractivity contribution in [1.82, 2.24) is 14.9 Å². The second-order valence-electron chi connectivity index (χ2n) is 6.28. The Labute approximate surface area is 132 Å². The van der Waals surface area contributed by atoms with Crippen LogP contribution in [0.4, 0.5) is 11.6 Å². The molecule has 1 aromatic heterocycles. The highest BCUT2D eigenvalue weighted by atomic mass is 16.2. The second-order valence-corrected chi connectivity index (χ2v) is 6.28. The molecule has 1 amide bonds. The maximum Gasteiger partial charge on any atom is 0.219 e. The Morgan fingerprint density at radius 1 is 1.09 bits per heavy atom. The Balaban J connectivity index is 1.63. The molecule has 0 atom stereocenters. The van der Waals surface area contributed by atoms with Crippen LogP contribution in [0.5, 0.6) is 0 Å². The zero-order chi connectivity index (χ0) is 15.5. The maximum atomic E-state index is 11.5. The molecule has 0 unspecified atom stereocenters. The van der Waals surface area contributed by atoms with Gasteiger partial charge in [0.2, 0.25) is 5.91 Å². The van der Waals surface area contributed by atoms with Crippen molar-refractivity contribution < 1.29 is 4.79 Å². The predicted molar refractivity (Wildman–Crippen MR) is 87.2 cm³/mol. The van der Waals surface area contributed by atoms with E-state index in [9.17, 15) is 4.79 Å². The summed E-state index contributed by atoms with van der Waals surface area (Å²) in [7, 11) is 1.90. The largest absolute Gasteiger partial charge is 0.356 e. The van der Waals surface area contributed by atoms with Gasteiger partial charge >= 0.3 is 0 Å². The van der Waals surface area contributed by atoms with Crippen molar-refractivity contribution in [3.8, 4) is 0 Å². The molecule has 3 rings (SSSR count). The Bertz CT molecular complexity index is 521. The summed E-state index contributed by atoms with van der Waals surface area (Å²) in [6, 6.07) is 2.47. The highest BCUT2D eigenvalue weighted by Gasteiger charge is 2.25. The first-order valence-corrected chi connectivity index (χ1v) is 8.20. The molecule has 2 aliphatic heterocycles. The first kappa shape index (κ1) is 15.1. The van der Waals surface area contributed by atoms with E-state index >= 15 is 0 Å². The number of hydrogen-bond acceptors (Lipinski definition) is 5. The van der Waals surface area contributed by atoms with Crippen molar-refractivity contribution in [3.63, 3.8) is 0 Å². The van der Waals surface area contributed by atoms with Gasteiger partial charge in [0.15, 0.2) is 0 Å². The molecule has 0 aliphatic carbocycles. The molecule has 6 heteroatoms. The van der Waals surface area contributed by atoms with Crippen LogP contribution >= 0.6 is 0 Å². The maximum absolute atomic E-state index is 11.5. The van der Waals surface area contributed by atoms with Crippen LogP contribution in [-0.2, 0) is 4.79 Å². The summed E-state index contributed by atoms with van der Waals surface area (Å²) in [6.07, 6.45) is 6.18. The van der Waals surface area contributed by atoms with Gasteiger partial charge in [0.1, 0.15) is 18.0 Å². The van der Waals surface area contributed by atoms with E-state index in [2.05, 4.69) is 25.8 Å². The van der Waals surface area contributed by atoms with Gasteiger partial charge in [0.05, 0.1) is 0 Å². The molecule has 2 aliphatic rings. The predicted octanol–water partition coefficient (Wildman–Crippen LogP) is 1.52. The van der Waals surface area contributed by atoms with E-state index in [0.29, 0.717) is 6.04 Å². The van der Waals surface area contributed by atoms with Gasteiger partial charge in [0.25, 0.3) is 0 Å². The third kappa shape index (κ3) is 3.15. The standard InChI is InChI=1S/C16H25N5O/c1-13(22)19(2)14-5-9-21(10-6-14)16-11-15(17-12-18-16)20-7-3-4-8-20/h11-12,14H,3-10H2,1-2H3. The van der Waals surface area contributed by atoms with Crippen molar-refractivity contribution in [1.29, 1.82) is 0 Å². The van der Waals surface area contributed by atoms with Crippen LogP contribution in [0.2, 0.25) is 0 Å². The van der Waals surface area contributed by atoms with E-state index in [-0.39, 0.29) is 5.91 Å². The number of rotatable bonds is 3. The lowest BCUT2D eigenvalue weighted by Crippen LogP contribution is -2.45. The van der Waals surface area contributed by atoms with Gasteiger partial charge in [0, 0.05) is 52.3 Å². The number of carbonyl (C=O) groups is 1. The van der Waals surface area contributed by atoms with Crippen LogP contribution in [0.15, 0.2) is 12.4 Å². The fourth-order valence-corrected chi connectivity index (χ4v) is 3.37. The van der Waals surface area contributed by atoms with Crippen molar-refractivity contribution in [2.75, 3.05) is 43.0 Å². The molecule has 0 bridgehead atoms. The number of carbonyl (C=O) groups excluding carboxylic acids is 1. The summed E-state index contributed by atoms with van der Waals surface area (Å²) in [5.74, 6) is 2.21. The molecule has 0 saturated carbocycles. The second kappa shape index (κ2) is 6.50. The molecule has 120 valence electrons. The molecule has 1 aromatic rings. The molecular weight excluding hydrogens is 278 g/mol. The highest BCUT2D eigenvalue weighted by molar-refractivity contribution is 5.73. The first-order valence-electron chi connectivity index (χ1n) is 8.20. The van der Waals surface area contributed by atoms with E-state index in [1.165, 1.54) is 12.8 Å². The third-order valence-electron chi connectivity index (χ3n) is 4.90. The van der Waals surface area contributed by atoms with Gasteiger partial charge in [-0.05, 0) is 25.7 Å². The first-order chi connectivity index (χ1) is 10.6. The van der Waals surface area contributed by atoms with Crippen LogP contribution in [0, 0.1) is 0 Å². The van der Waals surface area contributed by atoms with Crippen molar-refractivity contribution >= 4 is 17.5 Å². The molecule has 2 saturated heterocycles. The van der Waals surface area contributed by atoms with Gasteiger partial charge < -0.3 is 14.7 Å². The van der Waals surface area contributed by atoms with E-state index in [1.807, 2.05) is 11.9 Å². The number of piperidine rings is 1. The Kier molecular flexibility index (Phi) is 4.45. The van der Waals surface area contributed by atoms with E-state index in [0.717, 1.165) is 50.7 Å². The number of hydrogen-bond donors (Lipinski definition) is 0. The monoisotopic (exact) mass is 303 g/mol. The Hall–Kier alpha value is -1.85.